The second-order valence-electron chi connectivity index (χ2n) is 4.55. The smallest absolute Gasteiger partial charge is 0.0600 e. The van der Waals surface area contributed by atoms with E-state index in [1.807, 2.05) is 36.5 Å². The maximum atomic E-state index is 5.92. The first kappa shape index (κ1) is 13.8. The Morgan fingerprint density at radius 3 is 2.58 bits per heavy atom. The van der Waals surface area contributed by atoms with E-state index in [0.717, 1.165) is 16.3 Å². The van der Waals surface area contributed by atoms with Gasteiger partial charge in [-0.05, 0) is 36.2 Å². The van der Waals surface area contributed by atoms with Crippen LogP contribution in [0, 0.1) is 0 Å². The van der Waals surface area contributed by atoms with Gasteiger partial charge in [-0.2, -0.15) is 0 Å². The molecule has 1 heterocycles. The second-order valence-corrected chi connectivity index (χ2v) is 4.98. The molecule has 100 valence electrons. The van der Waals surface area contributed by atoms with Crippen LogP contribution < -0.4 is 10.6 Å². The molecule has 2 aromatic rings. The quantitative estimate of drug-likeness (QED) is 0.930. The van der Waals surface area contributed by atoms with Crippen molar-refractivity contribution in [3.05, 3.63) is 58.9 Å². The Labute approximate surface area is 119 Å². The molecule has 0 aliphatic carbocycles. The van der Waals surface area contributed by atoms with Crippen molar-refractivity contribution >= 4 is 17.3 Å². The van der Waals surface area contributed by atoms with Gasteiger partial charge in [-0.25, -0.2) is 0 Å². The van der Waals surface area contributed by atoms with E-state index in [4.69, 9.17) is 17.3 Å². The van der Waals surface area contributed by atoms with Crippen molar-refractivity contribution < 1.29 is 0 Å². The minimum atomic E-state index is 0.228. The maximum Gasteiger partial charge on any atom is 0.0600 e. The van der Waals surface area contributed by atoms with Crippen molar-refractivity contribution in [2.24, 2.45) is 5.73 Å². The minimum absolute atomic E-state index is 0.228. The SMILES string of the molecule is CC(c1ccc(Cl)cc1)N(C)c1cnccc1CN. The molecule has 1 aromatic heterocycles. The number of nitrogens with zero attached hydrogens (tertiary/aromatic N) is 2. The molecule has 0 amide bonds. The van der Waals surface area contributed by atoms with Gasteiger partial charge >= 0.3 is 0 Å². The monoisotopic (exact) mass is 275 g/mol. The molecule has 0 spiro atoms. The summed E-state index contributed by atoms with van der Waals surface area (Å²) in [6, 6.07) is 10.1. The zero-order chi connectivity index (χ0) is 13.8. The van der Waals surface area contributed by atoms with Gasteiger partial charge in [-0.15, -0.1) is 0 Å². The first-order valence-electron chi connectivity index (χ1n) is 6.24. The van der Waals surface area contributed by atoms with Crippen LogP contribution in [0.1, 0.15) is 24.1 Å². The molecule has 3 nitrogen and oxygen atoms in total. The molecule has 4 heteroatoms. The number of hydrogen-bond donors (Lipinski definition) is 1. The van der Waals surface area contributed by atoms with Gasteiger partial charge in [0.25, 0.3) is 0 Å². The average Bonchev–Trinajstić information content (AvgIpc) is 2.46. The molecule has 0 radical (unpaired) electrons. The highest BCUT2D eigenvalue weighted by molar-refractivity contribution is 6.30. The summed E-state index contributed by atoms with van der Waals surface area (Å²) in [5, 5.41) is 0.752. The molecule has 2 N–H and O–H groups in total. The third-order valence-electron chi connectivity index (χ3n) is 3.42. The number of halogens is 1. The molecule has 1 aromatic carbocycles. The molecule has 2 rings (SSSR count). The Morgan fingerprint density at radius 1 is 1.26 bits per heavy atom. The Balaban J connectivity index is 2.28. The van der Waals surface area contributed by atoms with E-state index in [1.165, 1.54) is 5.56 Å². The van der Waals surface area contributed by atoms with Crippen molar-refractivity contribution in [1.29, 1.82) is 0 Å². The van der Waals surface area contributed by atoms with Gasteiger partial charge in [0.15, 0.2) is 0 Å². The van der Waals surface area contributed by atoms with Gasteiger partial charge in [-0.1, -0.05) is 23.7 Å². The highest BCUT2D eigenvalue weighted by Gasteiger charge is 2.14. The van der Waals surface area contributed by atoms with Crippen LogP contribution in [0.5, 0.6) is 0 Å². The number of benzene rings is 1. The minimum Gasteiger partial charge on any atom is -0.366 e. The van der Waals surface area contributed by atoms with E-state index in [2.05, 4.69) is 23.9 Å². The van der Waals surface area contributed by atoms with Crippen molar-refractivity contribution in [2.75, 3.05) is 11.9 Å². The lowest BCUT2D eigenvalue weighted by Gasteiger charge is -2.28. The predicted molar refractivity (Wildman–Crippen MR) is 80.4 cm³/mol. The summed E-state index contributed by atoms with van der Waals surface area (Å²) >= 11 is 5.92. The van der Waals surface area contributed by atoms with E-state index >= 15 is 0 Å². The molecule has 0 aliphatic heterocycles. The fraction of sp³-hybridized carbons (Fsp3) is 0.267. The standard InChI is InChI=1S/C15H18ClN3/c1-11(12-3-5-14(16)6-4-12)19(2)15-10-18-8-7-13(15)9-17/h3-8,10-11H,9,17H2,1-2H3. The number of nitrogens with two attached hydrogens (primary N) is 1. The van der Waals surface area contributed by atoms with E-state index in [-0.39, 0.29) is 6.04 Å². The van der Waals surface area contributed by atoms with E-state index in [0.29, 0.717) is 6.54 Å². The van der Waals surface area contributed by atoms with Crippen LogP contribution in [-0.2, 0) is 6.54 Å². The maximum absolute atomic E-state index is 5.92. The first-order valence-corrected chi connectivity index (χ1v) is 6.62. The Hall–Kier alpha value is -1.58. The summed E-state index contributed by atoms with van der Waals surface area (Å²) in [4.78, 5) is 6.37. The van der Waals surface area contributed by atoms with Crippen molar-refractivity contribution in [3.63, 3.8) is 0 Å². The van der Waals surface area contributed by atoms with Crippen LogP contribution >= 0.6 is 11.6 Å². The van der Waals surface area contributed by atoms with Gasteiger partial charge < -0.3 is 10.6 Å². The van der Waals surface area contributed by atoms with E-state index < -0.39 is 0 Å². The Morgan fingerprint density at radius 2 is 1.95 bits per heavy atom. The molecular weight excluding hydrogens is 258 g/mol. The van der Waals surface area contributed by atoms with Gasteiger partial charge in [0, 0.05) is 24.8 Å². The summed E-state index contributed by atoms with van der Waals surface area (Å²) in [6.45, 7) is 2.66. The summed E-state index contributed by atoms with van der Waals surface area (Å²) in [5.41, 5.74) is 9.14. The van der Waals surface area contributed by atoms with Crippen LogP contribution in [0.2, 0.25) is 5.02 Å². The number of pyridine rings is 1. The molecule has 0 saturated carbocycles. The highest BCUT2D eigenvalue weighted by Crippen LogP contribution is 2.27. The van der Waals surface area contributed by atoms with Gasteiger partial charge in [0.1, 0.15) is 0 Å². The molecule has 0 saturated heterocycles. The van der Waals surface area contributed by atoms with E-state index in [1.54, 1.807) is 6.20 Å². The summed E-state index contributed by atoms with van der Waals surface area (Å²) in [5.74, 6) is 0. The molecule has 1 atom stereocenters. The van der Waals surface area contributed by atoms with Gasteiger partial charge in [-0.3, -0.25) is 4.98 Å². The summed E-state index contributed by atoms with van der Waals surface area (Å²) in [7, 11) is 2.05. The second kappa shape index (κ2) is 6.04. The first-order chi connectivity index (χ1) is 9.13. The lowest BCUT2D eigenvalue weighted by Crippen LogP contribution is -2.23. The molecule has 0 fully saturated rings. The lowest BCUT2D eigenvalue weighted by atomic mass is 10.1. The fourth-order valence-electron chi connectivity index (χ4n) is 2.08. The Kier molecular flexibility index (Phi) is 4.40. The zero-order valence-corrected chi connectivity index (χ0v) is 11.9. The fourth-order valence-corrected chi connectivity index (χ4v) is 2.20. The highest BCUT2D eigenvalue weighted by atomic mass is 35.5. The van der Waals surface area contributed by atoms with Gasteiger partial charge in [0.05, 0.1) is 17.9 Å². The molecule has 19 heavy (non-hydrogen) atoms. The average molecular weight is 276 g/mol. The topological polar surface area (TPSA) is 42.2 Å². The number of anilines is 1. The van der Waals surface area contributed by atoms with Gasteiger partial charge in [0.2, 0.25) is 0 Å². The number of hydrogen-bond acceptors (Lipinski definition) is 3. The number of rotatable bonds is 4. The normalized spacial score (nSPS) is 12.2. The number of aromatic nitrogens is 1. The van der Waals surface area contributed by atoms with Crippen molar-refractivity contribution in [1.82, 2.24) is 4.98 Å². The third-order valence-corrected chi connectivity index (χ3v) is 3.67. The molecule has 0 bridgehead atoms. The summed E-state index contributed by atoms with van der Waals surface area (Å²) < 4.78 is 0. The molecular formula is C15H18ClN3. The van der Waals surface area contributed by atoms with Crippen molar-refractivity contribution in [2.45, 2.75) is 19.5 Å². The molecule has 1 unspecified atom stereocenters. The van der Waals surface area contributed by atoms with Crippen LogP contribution in [0.3, 0.4) is 0 Å². The van der Waals surface area contributed by atoms with Crippen LogP contribution in [0.25, 0.3) is 0 Å². The summed E-state index contributed by atoms with van der Waals surface area (Å²) in [6.07, 6.45) is 3.63. The van der Waals surface area contributed by atoms with E-state index in [9.17, 15) is 0 Å². The van der Waals surface area contributed by atoms with Crippen LogP contribution in [0.4, 0.5) is 5.69 Å². The Bertz CT molecular complexity index is 539. The third kappa shape index (κ3) is 3.06. The largest absolute Gasteiger partial charge is 0.366 e. The van der Waals surface area contributed by atoms with Crippen LogP contribution in [0.15, 0.2) is 42.7 Å². The zero-order valence-electron chi connectivity index (χ0n) is 11.2. The molecule has 0 aliphatic rings. The van der Waals surface area contributed by atoms with Crippen molar-refractivity contribution in [3.8, 4) is 0 Å². The predicted octanol–water partition coefficient (Wildman–Crippen LogP) is 3.39. The lowest BCUT2D eigenvalue weighted by molar-refractivity contribution is 0.733. The van der Waals surface area contributed by atoms with Crippen LogP contribution in [-0.4, -0.2) is 12.0 Å².